The standard InChI is InChI=1S/C11H12ClN5O/c1-8-6-10(12)9(7-14-8)11(18)13-2-4-17-5-3-15-16-17/h3,5-7H,2,4H2,1H3,(H,13,18). The van der Waals surface area contributed by atoms with E-state index in [1.54, 1.807) is 23.1 Å². The van der Waals surface area contributed by atoms with Crippen LogP contribution in [0.25, 0.3) is 0 Å². The van der Waals surface area contributed by atoms with Gasteiger partial charge in [0, 0.05) is 24.6 Å². The van der Waals surface area contributed by atoms with Gasteiger partial charge in [0.05, 0.1) is 23.3 Å². The highest BCUT2D eigenvalue weighted by Gasteiger charge is 2.10. The van der Waals surface area contributed by atoms with Crippen LogP contribution in [0.5, 0.6) is 0 Å². The van der Waals surface area contributed by atoms with Gasteiger partial charge in [-0.25, -0.2) is 0 Å². The molecule has 2 rings (SSSR count). The number of hydrogen-bond acceptors (Lipinski definition) is 4. The molecule has 7 heteroatoms. The predicted molar refractivity (Wildman–Crippen MR) is 66.3 cm³/mol. The molecule has 6 nitrogen and oxygen atoms in total. The van der Waals surface area contributed by atoms with E-state index in [0.717, 1.165) is 5.69 Å². The molecule has 0 unspecified atom stereocenters. The topological polar surface area (TPSA) is 72.7 Å². The molecule has 0 spiro atoms. The largest absolute Gasteiger partial charge is 0.350 e. The van der Waals surface area contributed by atoms with Crippen LogP contribution in [0.15, 0.2) is 24.7 Å². The van der Waals surface area contributed by atoms with E-state index in [0.29, 0.717) is 23.7 Å². The van der Waals surface area contributed by atoms with Crippen molar-refractivity contribution < 1.29 is 4.79 Å². The van der Waals surface area contributed by atoms with Gasteiger partial charge in [0.1, 0.15) is 0 Å². The SMILES string of the molecule is Cc1cc(Cl)c(C(=O)NCCn2ccnn2)cn1. The fourth-order valence-corrected chi connectivity index (χ4v) is 1.72. The van der Waals surface area contributed by atoms with Crippen molar-refractivity contribution in [2.45, 2.75) is 13.5 Å². The maximum Gasteiger partial charge on any atom is 0.254 e. The Morgan fingerprint density at radius 2 is 2.39 bits per heavy atom. The van der Waals surface area contributed by atoms with Crippen LogP contribution in [0.2, 0.25) is 5.02 Å². The number of nitrogens with one attached hydrogen (secondary N) is 1. The average molecular weight is 266 g/mol. The minimum Gasteiger partial charge on any atom is -0.350 e. The van der Waals surface area contributed by atoms with Crippen molar-refractivity contribution in [3.8, 4) is 0 Å². The molecule has 0 aromatic carbocycles. The Hall–Kier alpha value is -1.95. The fraction of sp³-hybridized carbons (Fsp3) is 0.273. The minimum atomic E-state index is -0.243. The summed E-state index contributed by atoms with van der Waals surface area (Å²) in [7, 11) is 0. The molecule has 94 valence electrons. The van der Waals surface area contributed by atoms with Crippen LogP contribution in [-0.4, -0.2) is 32.4 Å². The normalized spacial score (nSPS) is 10.3. The van der Waals surface area contributed by atoms with Crippen LogP contribution in [0, 0.1) is 6.92 Å². The van der Waals surface area contributed by atoms with E-state index in [9.17, 15) is 4.79 Å². The molecule has 0 aliphatic rings. The highest BCUT2D eigenvalue weighted by molar-refractivity contribution is 6.33. The zero-order valence-corrected chi connectivity index (χ0v) is 10.6. The Kier molecular flexibility index (Phi) is 3.88. The molecule has 0 saturated carbocycles. The Bertz CT molecular complexity index is 540. The van der Waals surface area contributed by atoms with Gasteiger partial charge in [-0.05, 0) is 13.0 Å². The molecule has 18 heavy (non-hydrogen) atoms. The van der Waals surface area contributed by atoms with E-state index in [1.807, 2.05) is 6.92 Å². The van der Waals surface area contributed by atoms with E-state index in [1.165, 1.54) is 6.20 Å². The quantitative estimate of drug-likeness (QED) is 0.897. The van der Waals surface area contributed by atoms with Crippen molar-refractivity contribution in [2.75, 3.05) is 6.54 Å². The summed E-state index contributed by atoms with van der Waals surface area (Å²) in [5.41, 5.74) is 1.15. The first-order chi connectivity index (χ1) is 8.66. The zero-order chi connectivity index (χ0) is 13.0. The summed E-state index contributed by atoms with van der Waals surface area (Å²) < 4.78 is 1.63. The lowest BCUT2D eigenvalue weighted by atomic mass is 10.2. The number of nitrogens with zero attached hydrogens (tertiary/aromatic N) is 4. The van der Waals surface area contributed by atoms with Crippen molar-refractivity contribution >= 4 is 17.5 Å². The molecule has 0 bridgehead atoms. The molecule has 2 aromatic heterocycles. The number of aryl methyl sites for hydroxylation is 1. The van der Waals surface area contributed by atoms with Crippen LogP contribution in [-0.2, 0) is 6.54 Å². The third kappa shape index (κ3) is 3.04. The maximum absolute atomic E-state index is 11.8. The Morgan fingerprint density at radius 3 is 3.06 bits per heavy atom. The number of carbonyl (C=O) groups excluding carboxylic acids is 1. The third-order valence-corrected chi connectivity index (χ3v) is 2.65. The molecule has 1 N–H and O–H groups in total. The van der Waals surface area contributed by atoms with Crippen molar-refractivity contribution in [3.63, 3.8) is 0 Å². The highest BCUT2D eigenvalue weighted by atomic mass is 35.5. The first kappa shape index (κ1) is 12.5. The first-order valence-electron chi connectivity index (χ1n) is 5.41. The summed E-state index contributed by atoms with van der Waals surface area (Å²) in [6.07, 6.45) is 4.79. The van der Waals surface area contributed by atoms with E-state index in [2.05, 4.69) is 20.6 Å². The van der Waals surface area contributed by atoms with Gasteiger partial charge in [-0.1, -0.05) is 16.8 Å². The number of pyridine rings is 1. The van der Waals surface area contributed by atoms with Crippen LogP contribution in [0.3, 0.4) is 0 Å². The lowest BCUT2D eigenvalue weighted by molar-refractivity contribution is 0.0951. The number of aromatic nitrogens is 4. The molecule has 0 aliphatic heterocycles. The Balaban J connectivity index is 1.91. The van der Waals surface area contributed by atoms with Gasteiger partial charge in [-0.15, -0.1) is 5.10 Å². The van der Waals surface area contributed by atoms with Gasteiger partial charge in [0.25, 0.3) is 5.91 Å². The molecule has 2 aromatic rings. The summed E-state index contributed by atoms with van der Waals surface area (Å²) in [4.78, 5) is 15.9. The minimum absolute atomic E-state index is 0.243. The molecule has 0 radical (unpaired) electrons. The maximum atomic E-state index is 11.8. The van der Waals surface area contributed by atoms with E-state index in [-0.39, 0.29) is 5.91 Å². The number of halogens is 1. The number of rotatable bonds is 4. The summed E-state index contributed by atoms with van der Waals surface area (Å²) in [6, 6.07) is 1.66. The fourth-order valence-electron chi connectivity index (χ4n) is 1.42. The second kappa shape index (κ2) is 5.59. The summed E-state index contributed by atoms with van der Waals surface area (Å²) >= 11 is 5.97. The lowest BCUT2D eigenvalue weighted by Crippen LogP contribution is -2.27. The van der Waals surface area contributed by atoms with Crippen molar-refractivity contribution in [3.05, 3.63) is 40.9 Å². The van der Waals surface area contributed by atoms with Crippen LogP contribution in [0.1, 0.15) is 16.1 Å². The summed E-state index contributed by atoms with van der Waals surface area (Å²) in [5.74, 6) is -0.243. The monoisotopic (exact) mass is 265 g/mol. The van der Waals surface area contributed by atoms with E-state index in [4.69, 9.17) is 11.6 Å². The highest BCUT2D eigenvalue weighted by Crippen LogP contribution is 2.15. The number of hydrogen-bond donors (Lipinski definition) is 1. The second-order valence-electron chi connectivity index (χ2n) is 3.73. The Morgan fingerprint density at radius 1 is 1.56 bits per heavy atom. The van der Waals surface area contributed by atoms with Gasteiger partial charge in [-0.3, -0.25) is 14.5 Å². The molecule has 0 atom stereocenters. The van der Waals surface area contributed by atoms with Gasteiger partial charge in [0.15, 0.2) is 0 Å². The predicted octanol–water partition coefficient (Wildman–Crippen LogP) is 1.06. The Labute approximate surface area is 109 Å². The summed E-state index contributed by atoms with van der Waals surface area (Å²) in [6.45, 7) is 2.83. The molecule has 1 amide bonds. The van der Waals surface area contributed by atoms with Gasteiger partial charge >= 0.3 is 0 Å². The van der Waals surface area contributed by atoms with Gasteiger partial charge in [-0.2, -0.15) is 0 Å². The summed E-state index contributed by atoms with van der Waals surface area (Å²) in [5, 5.41) is 10.6. The zero-order valence-electron chi connectivity index (χ0n) is 9.80. The third-order valence-electron chi connectivity index (χ3n) is 2.33. The van der Waals surface area contributed by atoms with Crippen molar-refractivity contribution in [1.29, 1.82) is 0 Å². The molecule has 2 heterocycles. The number of carbonyl (C=O) groups is 1. The molecule has 0 saturated heterocycles. The lowest BCUT2D eigenvalue weighted by Gasteiger charge is -2.06. The molecular formula is C11H12ClN5O. The van der Waals surface area contributed by atoms with Crippen LogP contribution >= 0.6 is 11.6 Å². The van der Waals surface area contributed by atoms with Crippen molar-refractivity contribution in [2.24, 2.45) is 0 Å². The molecular weight excluding hydrogens is 254 g/mol. The van der Waals surface area contributed by atoms with Crippen LogP contribution in [0.4, 0.5) is 0 Å². The first-order valence-corrected chi connectivity index (χ1v) is 5.79. The van der Waals surface area contributed by atoms with Crippen molar-refractivity contribution in [1.82, 2.24) is 25.3 Å². The van der Waals surface area contributed by atoms with Gasteiger partial charge in [0.2, 0.25) is 0 Å². The second-order valence-corrected chi connectivity index (χ2v) is 4.13. The average Bonchev–Trinajstić information content (AvgIpc) is 2.81. The van der Waals surface area contributed by atoms with Crippen LogP contribution < -0.4 is 5.32 Å². The van der Waals surface area contributed by atoms with E-state index < -0.39 is 0 Å². The van der Waals surface area contributed by atoms with Gasteiger partial charge < -0.3 is 5.32 Å². The molecule has 0 aliphatic carbocycles. The smallest absolute Gasteiger partial charge is 0.254 e. The number of amides is 1. The van der Waals surface area contributed by atoms with E-state index >= 15 is 0 Å². The molecule has 0 fully saturated rings.